The van der Waals surface area contributed by atoms with Crippen molar-refractivity contribution < 1.29 is 9.59 Å². The Bertz CT molecular complexity index is 1210. The lowest BCUT2D eigenvalue weighted by atomic mass is 10.0. The molecule has 2 N–H and O–H groups in total. The molecule has 0 saturated heterocycles. The molecule has 28 heavy (non-hydrogen) atoms. The molecule has 0 atom stereocenters. The number of para-hydroxylation sites is 2. The van der Waals surface area contributed by atoms with Crippen LogP contribution in [-0.2, 0) is 6.42 Å². The maximum absolute atomic E-state index is 12.6. The molecule has 4 aromatic rings. The molecule has 0 aliphatic heterocycles. The topological polar surface area (TPSA) is 74.8 Å². The first-order valence-electron chi connectivity index (χ1n) is 9.21. The number of ketones is 1. The molecule has 0 fully saturated rings. The zero-order valence-corrected chi connectivity index (χ0v) is 15.0. The minimum absolute atomic E-state index is 0.0254. The van der Waals surface area contributed by atoms with Crippen LogP contribution >= 0.6 is 0 Å². The van der Waals surface area contributed by atoms with E-state index >= 15 is 0 Å². The minimum atomic E-state index is -0.192. The first-order valence-corrected chi connectivity index (χ1v) is 9.21. The summed E-state index contributed by atoms with van der Waals surface area (Å²) < 4.78 is 0. The Labute approximate surface area is 161 Å². The molecule has 1 heterocycles. The van der Waals surface area contributed by atoms with E-state index in [1.165, 1.54) is 0 Å². The Balaban J connectivity index is 1.29. The molecule has 0 bridgehead atoms. The van der Waals surface area contributed by atoms with Gasteiger partial charge in [-0.2, -0.15) is 0 Å². The van der Waals surface area contributed by atoms with E-state index in [0.29, 0.717) is 29.7 Å². The van der Waals surface area contributed by atoms with Gasteiger partial charge >= 0.3 is 0 Å². The van der Waals surface area contributed by atoms with Crippen LogP contribution in [0.2, 0.25) is 0 Å². The molecule has 0 spiro atoms. The highest BCUT2D eigenvalue weighted by molar-refractivity contribution is 6.22. The van der Waals surface area contributed by atoms with Crippen molar-refractivity contribution in [2.24, 2.45) is 0 Å². The number of hydrogen-bond donors (Lipinski definition) is 2. The average molecular weight is 367 g/mol. The predicted octanol–water partition coefficient (Wildman–Crippen LogP) is 3.75. The van der Waals surface area contributed by atoms with E-state index in [1.807, 2.05) is 54.6 Å². The van der Waals surface area contributed by atoms with Crippen LogP contribution in [0.25, 0.3) is 22.2 Å². The number of imidazole rings is 1. The van der Waals surface area contributed by atoms with Gasteiger partial charge in [0.15, 0.2) is 5.78 Å². The maximum Gasteiger partial charge on any atom is 0.251 e. The fourth-order valence-corrected chi connectivity index (χ4v) is 3.69. The first kappa shape index (κ1) is 16.4. The van der Waals surface area contributed by atoms with Crippen LogP contribution in [0.1, 0.15) is 32.1 Å². The normalized spacial score (nSPS) is 12.1. The fourth-order valence-electron chi connectivity index (χ4n) is 3.69. The SMILES string of the molecule is O=C(NCCc1nc2ccccc2[nH]1)c1ccc2c(c1)C(=O)c1ccccc1-2. The number of carbonyl (C=O) groups excluding carboxylic acids is 2. The van der Waals surface area contributed by atoms with Gasteiger partial charge in [0.2, 0.25) is 0 Å². The highest BCUT2D eigenvalue weighted by atomic mass is 16.1. The Morgan fingerprint density at radius 3 is 2.50 bits per heavy atom. The summed E-state index contributed by atoms with van der Waals surface area (Å²) >= 11 is 0. The summed E-state index contributed by atoms with van der Waals surface area (Å²) in [6, 6.07) is 20.7. The summed E-state index contributed by atoms with van der Waals surface area (Å²) in [6.45, 7) is 0.462. The molecule has 5 heteroatoms. The van der Waals surface area contributed by atoms with E-state index in [-0.39, 0.29) is 11.7 Å². The molecule has 1 aliphatic rings. The van der Waals surface area contributed by atoms with E-state index in [9.17, 15) is 9.59 Å². The zero-order chi connectivity index (χ0) is 19.1. The summed E-state index contributed by atoms with van der Waals surface area (Å²) in [5.41, 5.74) is 5.50. The zero-order valence-electron chi connectivity index (χ0n) is 15.0. The number of aromatic nitrogens is 2. The van der Waals surface area contributed by atoms with Gasteiger partial charge in [-0.05, 0) is 35.4 Å². The number of carbonyl (C=O) groups is 2. The lowest BCUT2D eigenvalue weighted by Crippen LogP contribution is -2.26. The second-order valence-electron chi connectivity index (χ2n) is 6.84. The van der Waals surface area contributed by atoms with Gasteiger partial charge in [-0.1, -0.05) is 42.5 Å². The summed E-state index contributed by atoms with van der Waals surface area (Å²) in [6.07, 6.45) is 0.607. The number of hydrogen-bond acceptors (Lipinski definition) is 3. The molecule has 0 radical (unpaired) electrons. The number of nitrogens with one attached hydrogen (secondary N) is 2. The highest BCUT2D eigenvalue weighted by Crippen LogP contribution is 2.36. The van der Waals surface area contributed by atoms with Crippen molar-refractivity contribution in [2.45, 2.75) is 6.42 Å². The van der Waals surface area contributed by atoms with Gasteiger partial charge < -0.3 is 10.3 Å². The van der Waals surface area contributed by atoms with Crippen LogP contribution in [-0.4, -0.2) is 28.2 Å². The lowest BCUT2D eigenvalue weighted by molar-refractivity contribution is 0.0954. The second-order valence-corrected chi connectivity index (χ2v) is 6.84. The molecule has 5 rings (SSSR count). The van der Waals surface area contributed by atoms with Crippen molar-refractivity contribution in [3.8, 4) is 11.1 Å². The lowest BCUT2D eigenvalue weighted by Gasteiger charge is -2.06. The number of benzene rings is 3. The quantitative estimate of drug-likeness (QED) is 0.508. The standard InChI is InChI=1S/C23H17N3O2/c27-22-17-6-2-1-5-15(17)16-10-9-14(13-18(16)22)23(28)24-12-11-21-25-19-7-3-4-8-20(19)26-21/h1-10,13H,11-12H2,(H,24,28)(H,25,26). The van der Waals surface area contributed by atoms with Gasteiger partial charge in [0.25, 0.3) is 5.91 Å². The van der Waals surface area contributed by atoms with Crippen LogP contribution in [0, 0.1) is 0 Å². The molecule has 5 nitrogen and oxygen atoms in total. The van der Waals surface area contributed by atoms with Gasteiger partial charge in [-0.25, -0.2) is 4.98 Å². The van der Waals surface area contributed by atoms with Crippen molar-refractivity contribution in [3.05, 3.63) is 89.2 Å². The Morgan fingerprint density at radius 1 is 0.893 bits per heavy atom. The molecule has 1 amide bonds. The molecule has 0 unspecified atom stereocenters. The van der Waals surface area contributed by atoms with Crippen molar-refractivity contribution in [2.75, 3.05) is 6.54 Å². The summed E-state index contributed by atoms with van der Waals surface area (Å²) in [5.74, 6) is 0.617. The van der Waals surface area contributed by atoms with Crippen LogP contribution in [0.5, 0.6) is 0 Å². The molecular weight excluding hydrogens is 350 g/mol. The summed E-state index contributed by atoms with van der Waals surface area (Å²) in [5, 5.41) is 2.91. The number of H-pyrrole nitrogens is 1. The third kappa shape index (κ3) is 2.68. The molecular formula is C23H17N3O2. The number of rotatable bonds is 4. The monoisotopic (exact) mass is 367 g/mol. The fraction of sp³-hybridized carbons (Fsp3) is 0.0870. The van der Waals surface area contributed by atoms with E-state index < -0.39 is 0 Å². The molecule has 3 aromatic carbocycles. The van der Waals surface area contributed by atoms with Gasteiger partial charge in [0.1, 0.15) is 5.82 Å². The Morgan fingerprint density at radius 2 is 1.64 bits per heavy atom. The van der Waals surface area contributed by atoms with Crippen LogP contribution in [0.4, 0.5) is 0 Å². The number of nitrogens with zero attached hydrogens (tertiary/aromatic N) is 1. The van der Waals surface area contributed by atoms with Gasteiger partial charge in [0.05, 0.1) is 11.0 Å². The van der Waals surface area contributed by atoms with E-state index in [2.05, 4.69) is 15.3 Å². The smallest absolute Gasteiger partial charge is 0.251 e. The maximum atomic E-state index is 12.6. The summed E-state index contributed by atoms with van der Waals surface area (Å²) in [4.78, 5) is 32.9. The third-order valence-electron chi connectivity index (χ3n) is 5.07. The van der Waals surface area contributed by atoms with Crippen molar-refractivity contribution in [1.29, 1.82) is 0 Å². The van der Waals surface area contributed by atoms with Crippen LogP contribution in [0.15, 0.2) is 66.7 Å². The first-order chi connectivity index (χ1) is 13.7. The van der Waals surface area contributed by atoms with Gasteiger partial charge in [-0.3, -0.25) is 9.59 Å². The van der Waals surface area contributed by atoms with Gasteiger partial charge in [0, 0.05) is 29.7 Å². The number of fused-ring (bicyclic) bond motifs is 4. The van der Waals surface area contributed by atoms with E-state index in [4.69, 9.17) is 0 Å². The third-order valence-corrected chi connectivity index (χ3v) is 5.07. The molecule has 1 aromatic heterocycles. The highest BCUT2D eigenvalue weighted by Gasteiger charge is 2.26. The molecule has 0 saturated carbocycles. The van der Waals surface area contributed by atoms with E-state index in [1.54, 1.807) is 12.1 Å². The van der Waals surface area contributed by atoms with Crippen molar-refractivity contribution in [3.63, 3.8) is 0 Å². The largest absolute Gasteiger partial charge is 0.352 e. The Kier molecular flexibility index (Phi) is 3.79. The molecule has 1 aliphatic carbocycles. The van der Waals surface area contributed by atoms with Crippen LogP contribution < -0.4 is 5.32 Å². The van der Waals surface area contributed by atoms with Crippen molar-refractivity contribution in [1.82, 2.24) is 15.3 Å². The average Bonchev–Trinajstić information content (AvgIpc) is 3.27. The van der Waals surface area contributed by atoms with Crippen molar-refractivity contribution >= 4 is 22.7 Å². The Hall–Kier alpha value is -3.73. The van der Waals surface area contributed by atoms with Crippen LogP contribution in [0.3, 0.4) is 0 Å². The predicted molar refractivity (Wildman–Crippen MR) is 107 cm³/mol. The molecule has 136 valence electrons. The van der Waals surface area contributed by atoms with Gasteiger partial charge in [-0.15, -0.1) is 0 Å². The minimum Gasteiger partial charge on any atom is -0.352 e. The summed E-state index contributed by atoms with van der Waals surface area (Å²) in [7, 11) is 0. The number of amides is 1. The number of aromatic amines is 1. The van der Waals surface area contributed by atoms with E-state index in [0.717, 1.165) is 28.0 Å². The second kappa shape index (κ2) is 6.46.